The summed E-state index contributed by atoms with van der Waals surface area (Å²) in [5.74, 6) is -1.31. The Labute approximate surface area is 195 Å². The Kier molecular flexibility index (Phi) is 11.3. The summed E-state index contributed by atoms with van der Waals surface area (Å²) in [6, 6.07) is 0. The second-order valence-corrected chi connectivity index (χ2v) is 15.1. The van der Waals surface area contributed by atoms with Gasteiger partial charge in [0.1, 0.15) is 11.9 Å². The molecule has 1 aliphatic rings. The third kappa shape index (κ3) is 8.81. The number of carbonyl (C=O) groups is 3. The first-order valence-corrected chi connectivity index (χ1v) is 14.9. The Hall–Kier alpha value is -1.47. The van der Waals surface area contributed by atoms with E-state index in [1.54, 1.807) is 6.92 Å². The number of esters is 2. The highest BCUT2D eigenvalue weighted by Gasteiger charge is 2.48. The van der Waals surface area contributed by atoms with Crippen LogP contribution in [0, 0.1) is 11.8 Å². The molecule has 0 amide bonds. The first-order valence-electron chi connectivity index (χ1n) is 12.0. The van der Waals surface area contributed by atoms with Crippen molar-refractivity contribution in [2.24, 2.45) is 11.8 Å². The van der Waals surface area contributed by atoms with Crippen LogP contribution in [0.5, 0.6) is 0 Å². The zero-order chi connectivity index (χ0) is 24.5. The largest absolute Gasteiger partial charge is 0.466 e. The van der Waals surface area contributed by atoms with Gasteiger partial charge in [0.15, 0.2) is 8.32 Å². The fourth-order valence-corrected chi connectivity index (χ4v) is 5.18. The smallest absolute Gasteiger partial charge is 0.306 e. The van der Waals surface area contributed by atoms with Crippen LogP contribution in [-0.2, 0) is 28.3 Å². The minimum Gasteiger partial charge on any atom is -0.466 e. The number of ether oxygens (including phenoxy) is 2. The zero-order valence-corrected chi connectivity index (χ0v) is 22.4. The minimum absolute atomic E-state index is 0.00183. The van der Waals surface area contributed by atoms with Gasteiger partial charge in [-0.2, -0.15) is 0 Å². The van der Waals surface area contributed by atoms with Crippen LogP contribution < -0.4 is 0 Å². The van der Waals surface area contributed by atoms with Crippen molar-refractivity contribution in [1.29, 1.82) is 0 Å². The third-order valence-electron chi connectivity index (χ3n) is 6.62. The first kappa shape index (κ1) is 28.6. The van der Waals surface area contributed by atoms with E-state index >= 15 is 0 Å². The van der Waals surface area contributed by atoms with E-state index in [4.69, 9.17) is 13.9 Å². The van der Waals surface area contributed by atoms with Crippen LogP contribution in [0.3, 0.4) is 0 Å². The molecule has 1 rings (SSSR count). The Bertz CT molecular complexity index is 664. The van der Waals surface area contributed by atoms with Crippen molar-refractivity contribution in [2.75, 3.05) is 6.61 Å². The van der Waals surface area contributed by atoms with Gasteiger partial charge in [-0.1, -0.05) is 46.6 Å². The molecule has 1 aliphatic carbocycles. The molecule has 0 radical (unpaired) electrons. The number of ketones is 1. The Morgan fingerprint density at radius 1 is 1.19 bits per heavy atom. The third-order valence-corrected chi connectivity index (χ3v) is 11.1. The maximum Gasteiger partial charge on any atom is 0.306 e. The molecule has 32 heavy (non-hydrogen) atoms. The monoisotopic (exact) mass is 468 g/mol. The molecule has 0 aromatic carbocycles. The van der Waals surface area contributed by atoms with E-state index in [9.17, 15) is 14.4 Å². The summed E-state index contributed by atoms with van der Waals surface area (Å²) in [5, 5.41) is -0.00183. The number of rotatable bonds is 12. The topological polar surface area (TPSA) is 78.9 Å². The van der Waals surface area contributed by atoms with Crippen LogP contribution >= 0.6 is 0 Å². The molecule has 0 aromatic rings. The minimum atomic E-state index is -2.13. The second-order valence-electron chi connectivity index (χ2n) is 10.3. The summed E-state index contributed by atoms with van der Waals surface area (Å²) in [5.41, 5.74) is 0. The summed E-state index contributed by atoms with van der Waals surface area (Å²) in [7, 11) is -2.13. The van der Waals surface area contributed by atoms with Crippen LogP contribution in [0.15, 0.2) is 12.2 Å². The highest BCUT2D eigenvalue weighted by atomic mass is 28.4. The van der Waals surface area contributed by atoms with Crippen molar-refractivity contribution in [2.45, 2.75) is 110 Å². The van der Waals surface area contributed by atoms with Crippen molar-refractivity contribution in [3.05, 3.63) is 12.2 Å². The molecule has 7 heteroatoms. The SMILES string of the molecule is CCCCC[C@@H](/C=C/[C@H]1C(=O)C[C@H](O[Si](C)(C)C(C)(C)C)[C@@H]1CC(=O)OCC)OC(C)=O. The Morgan fingerprint density at radius 3 is 2.38 bits per heavy atom. The molecule has 0 aliphatic heterocycles. The van der Waals surface area contributed by atoms with Crippen molar-refractivity contribution >= 4 is 26.0 Å². The van der Waals surface area contributed by atoms with E-state index in [0.29, 0.717) is 13.0 Å². The number of unbranched alkanes of at least 4 members (excludes halogenated alkanes) is 2. The van der Waals surface area contributed by atoms with Gasteiger partial charge in [0.2, 0.25) is 0 Å². The van der Waals surface area contributed by atoms with Crippen LogP contribution in [0.25, 0.3) is 0 Å². The van der Waals surface area contributed by atoms with E-state index < -0.39 is 14.2 Å². The zero-order valence-electron chi connectivity index (χ0n) is 21.4. The molecule has 0 N–H and O–H groups in total. The van der Waals surface area contributed by atoms with E-state index in [1.807, 2.05) is 12.2 Å². The number of carbonyl (C=O) groups excluding carboxylic acids is 3. The molecule has 0 saturated heterocycles. The number of hydrogen-bond donors (Lipinski definition) is 0. The molecule has 1 fully saturated rings. The standard InChI is InChI=1S/C25H44O6Si/c1-9-11-12-13-19(30-18(3)26)14-15-20-21(16-24(28)29-10-2)23(17-22(20)27)31-32(7,8)25(4,5)6/h14-15,19-21,23H,9-13,16-17H2,1-8H3/b15-14+/t19-,20+,21+,23-/m0/s1. The molecule has 6 nitrogen and oxygen atoms in total. The molecule has 0 aromatic heterocycles. The van der Waals surface area contributed by atoms with Gasteiger partial charge in [-0.25, -0.2) is 0 Å². The van der Waals surface area contributed by atoms with E-state index in [-0.39, 0.29) is 47.3 Å². The summed E-state index contributed by atoms with van der Waals surface area (Å²) in [6.45, 7) is 16.4. The Balaban J connectivity index is 3.11. The van der Waals surface area contributed by atoms with Gasteiger partial charge in [0.05, 0.1) is 19.1 Å². The molecule has 184 valence electrons. The fraction of sp³-hybridized carbons (Fsp3) is 0.800. The molecule has 0 bridgehead atoms. The number of hydrogen-bond acceptors (Lipinski definition) is 6. The molecule has 0 unspecified atom stereocenters. The van der Waals surface area contributed by atoms with Crippen molar-refractivity contribution in [1.82, 2.24) is 0 Å². The maximum atomic E-state index is 13.0. The second kappa shape index (κ2) is 12.7. The summed E-state index contributed by atoms with van der Waals surface area (Å²) in [6.07, 6.45) is 7.21. The van der Waals surface area contributed by atoms with Gasteiger partial charge in [-0.3, -0.25) is 14.4 Å². The van der Waals surface area contributed by atoms with E-state index in [2.05, 4.69) is 40.8 Å². The lowest BCUT2D eigenvalue weighted by Crippen LogP contribution is -2.45. The quantitative estimate of drug-likeness (QED) is 0.160. The van der Waals surface area contributed by atoms with Crippen LogP contribution in [0.2, 0.25) is 18.1 Å². The molecular formula is C25H44O6Si. The van der Waals surface area contributed by atoms with Gasteiger partial charge in [0, 0.05) is 25.2 Å². The van der Waals surface area contributed by atoms with Crippen LogP contribution in [-0.4, -0.2) is 44.9 Å². The van der Waals surface area contributed by atoms with E-state index in [0.717, 1.165) is 25.7 Å². The van der Waals surface area contributed by atoms with Crippen molar-refractivity contribution in [3.63, 3.8) is 0 Å². The lowest BCUT2D eigenvalue weighted by Gasteiger charge is -2.39. The van der Waals surface area contributed by atoms with Crippen LogP contribution in [0.4, 0.5) is 0 Å². The normalized spacial score (nSPS) is 22.9. The van der Waals surface area contributed by atoms with Crippen molar-refractivity contribution < 1.29 is 28.3 Å². The van der Waals surface area contributed by atoms with E-state index in [1.165, 1.54) is 6.92 Å². The highest BCUT2D eigenvalue weighted by molar-refractivity contribution is 6.74. The highest BCUT2D eigenvalue weighted by Crippen LogP contribution is 2.43. The average Bonchev–Trinajstić information content (AvgIpc) is 2.92. The average molecular weight is 469 g/mol. The predicted octanol–water partition coefficient (Wildman–Crippen LogP) is 5.60. The molecule has 0 spiro atoms. The maximum absolute atomic E-state index is 13.0. The van der Waals surface area contributed by atoms with Crippen LogP contribution in [0.1, 0.15) is 80.1 Å². The van der Waals surface area contributed by atoms with Gasteiger partial charge in [-0.15, -0.1) is 0 Å². The van der Waals surface area contributed by atoms with Gasteiger partial charge < -0.3 is 13.9 Å². The molecule has 4 atom stereocenters. The van der Waals surface area contributed by atoms with Crippen molar-refractivity contribution in [3.8, 4) is 0 Å². The summed E-state index contributed by atoms with van der Waals surface area (Å²) >= 11 is 0. The van der Waals surface area contributed by atoms with Gasteiger partial charge in [-0.05, 0) is 44.0 Å². The number of allylic oxidation sites excluding steroid dienone is 1. The lowest BCUT2D eigenvalue weighted by molar-refractivity contribution is -0.145. The predicted molar refractivity (Wildman–Crippen MR) is 129 cm³/mol. The number of Topliss-reactive ketones (excluding diaryl/α,β-unsaturated/α-hetero) is 1. The van der Waals surface area contributed by atoms with Gasteiger partial charge in [0.25, 0.3) is 0 Å². The Morgan fingerprint density at radius 2 is 1.84 bits per heavy atom. The molecular weight excluding hydrogens is 424 g/mol. The fourth-order valence-electron chi connectivity index (χ4n) is 3.81. The molecule has 0 heterocycles. The first-order chi connectivity index (χ1) is 14.8. The molecule has 1 saturated carbocycles. The summed E-state index contributed by atoms with van der Waals surface area (Å²) < 4.78 is 17.2. The summed E-state index contributed by atoms with van der Waals surface area (Å²) in [4.78, 5) is 36.9. The van der Waals surface area contributed by atoms with Gasteiger partial charge >= 0.3 is 11.9 Å². The lowest BCUT2D eigenvalue weighted by atomic mass is 9.90.